The summed E-state index contributed by atoms with van der Waals surface area (Å²) in [5.74, 6) is 1.65. The highest BCUT2D eigenvalue weighted by Crippen LogP contribution is 2.21. The Balaban J connectivity index is 1.40. The highest BCUT2D eigenvalue weighted by atomic mass is 16.5. The first-order valence-corrected chi connectivity index (χ1v) is 8.16. The minimum atomic E-state index is 0.199. The predicted molar refractivity (Wildman–Crippen MR) is 89.2 cm³/mol. The van der Waals surface area contributed by atoms with Crippen LogP contribution in [0.2, 0.25) is 0 Å². The van der Waals surface area contributed by atoms with E-state index in [0.717, 1.165) is 37.2 Å². The van der Waals surface area contributed by atoms with Gasteiger partial charge in [-0.2, -0.15) is 0 Å². The summed E-state index contributed by atoms with van der Waals surface area (Å²) in [7, 11) is 0. The number of carbonyl (C=O) groups excluding carboxylic acids is 1. The van der Waals surface area contributed by atoms with Crippen LogP contribution in [0.25, 0.3) is 0 Å². The topological polar surface area (TPSA) is 42.4 Å². The fourth-order valence-corrected chi connectivity index (χ4v) is 2.94. The van der Waals surface area contributed by atoms with Crippen LogP contribution in [0, 0.1) is 5.92 Å². The van der Waals surface area contributed by atoms with Crippen LogP contribution >= 0.6 is 0 Å². The summed E-state index contributed by atoms with van der Waals surface area (Å²) in [5, 5.41) is 0. The predicted octanol–water partition coefficient (Wildman–Crippen LogP) is 2.94. The molecule has 120 valence electrons. The molecule has 0 spiro atoms. The van der Waals surface area contributed by atoms with Gasteiger partial charge in [-0.1, -0.05) is 24.3 Å². The quantitative estimate of drug-likeness (QED) is 0.824. The Labute approximate surface area is 137 Å². The number of hydrogen-bond acceptors (Lipinski definition) is 3. The van der Waals surface area contributed by atoms with Crippen LogP contribution < -0.4 is 4.74 Å². The van der Waals surface area contributed by atoms with Crippen molar-refractivity contribution in [1.82, 2.24) is 9.88 Å². The molecule has 1 amide bonds. The molecular formula is C19H22N2O2. The molecule has 4 nitrogen and oxygen atoms in total. The molecule has 0 bridgehead atoms. The number of carbonyl (C=O) groups is 1. The Bertz CT molecular complexity index is 616. The van der Waals surface area contributed by atoms with E-state index in [1.807, 2.05) is 47.4 Å². The third-order valence-corrected chi connectivity index (χ3v) is 4.25. The van der Waals surface area contributed by atoms with Gasteiger partial charge in [-0.15, -0.1) is 0 Å². The molecule has 1 aliphatic heterocycles. The van der Waals surface area contributed by atoms with Crippen LogP contribution in [-0.2, 0) is 11.2 Å². The number of ether oxygens (including phenoxy) is 1. The number of aromatic nitrogens is 1. The maximum atomic E-state index is 12.3. The van der Waals surface area contributed by atoms with E-state index in [-0.39, 0.29) is 5.91 Å². The summed E-state index contributed by atoms with van der Waals surface area (Å²) < 4.78 is 5.75. The largest absolute Gasteiger partial charge is 0.494 e. The summed E-state index contributed by atoms with van der Waals surface area (Å²) in [6, 6.07) is 13.7. The maximum Gasteiger partial charge on any atom is 0.227 e. The molecule has 2 aromatic rings. The molecule has 2 heterocycles. The number of nitrogens with zero attached hydrogens (tertiary/aromatic N) is 2. The molecule has 23 heavy (non-hydrogen) atoms. The Morgan fingerprint density at radius 2 is 2.09 bits per heavy atom. The van der Waals surface area contributed by atoms with Crippen molar-refractivity contribution < 1.29 is 9.53 Å². The minimum Gasteiger partial charge on any atom is -0.494 e. The summed E-state index contributed by atoms with van der Waals surface area (Å²) >= 11 is 0. The number of rotatable bonds is 6. The first-order valence-electron chi connectivity index (χ1n) is 8.16. The van der Waals surface area contributed by atoms with Crippen molar-refractivity contribution in [3.8, 4) is 5.75 Å². The fraction of sp³-hybridized carbons (Fsp3) is 0.368. The lowest BCUT2D eigenvalue weighted by atomic mass is 10.1. The lowest BCUT2D eigenvalue weighted by molar-refractivity contribution is -0.129. The van der Waals surface area contributed by atoms with E-state index < -0.39 is 0 Å². The second-order valence-electron chi connectivity index (χ2n) is 5.98. The zero-order chi connectivity index (χ0) is 15.9. The SMILES string of the molecule is O=C(Cc1cccnc1)N1CCC(CCOc2ccccc2)C1. The van der Waals surface area contributed by atoms with E-state index in [0.29, 0.717) is 18.9 Å². The number of pyridine rings is 1. The van der Waals surface area contributed by atoms with Crippen molar-refractivity contribution in [2.45, 2.75) is 19.3 Å². The number of likely N-dealkylation sites (tertiary alicyclic amines) is 1. The van der Waals surface area contributed by atoms with Gasteiger partial charge in [0, 0.05) is 25.5 Å². The Morgan fingerprint density at radius 1 is 1.22 bits per heavy atom. The average molecular weight is 310 g/mol. The van der Waals surface area contributed by atoms with Gasteiger partial charge in [0.2, 0.25) is 5.91 Å². The van der Waals surface area contributed by atoms with Gasteiger partial charge in [-0.25, -0.2) is 0 Å². The molecule has 0 saturated carbocycles. The smallest absolute Gasteiger partial charge is 0.227 e. The fourth-order valence-electron chi connectivity index (χ4n) is 2.94. The standard InChI is InChI=1S/C19H22N2O2/c22-19(13-17-5-4-10-20-14-17)21-11-8-16(15-21)9-12-23-18-6-2-1-3-7-18/h1-7,10,14,16H,8-9,11-13,15H2. The zero-order valence-electron chi connectivity index (χ0n) is 13.2. The highest BCUT2D eigenvalue weighted by molar-refractivity contribution is 5.78. The first-order chi connectivity index (χ1) is 11.3. The number of amides is 1. The van der Waals surface area contributed by atoms with Crippen molar-refractivity contribution >= 4 is 5.91 Å². The van der Waals surface area contributed by atoms with Gasteiger partial charge in [0.25, 0.3) is 0 Å². The third-order valence-electron chi connectivity index (χ3n) is 4.25. The van der Waals surface area contributed by atoms with Gasteiger partial charge >= 0.3 is 0 Å². The van der Waals surface area contributed by atoms with Crippen molar-refractivity contribution in [2.75, 3.05) is 19.7 Å². The summed E-state index contributed by atoms with van der Waals surface area (Å²) in [6.45, 7) is 2.41. The molecule has 1 fully saturated rings. The molecule has 1 unspecified atom stereocenters. The van der Waals surface area contributed by atoms with E-state index >= 15 is 0 Å². The molecular weight excluding hydrogens is 288 g/mol. The van der Waals surface area contributed by atoms with E-state index in [2.05, 4.69) is 4.98 Å². The van der Waals surface area contributed by atoms with Crippen LogP contribution in [0.15, 0.2) is 54.9 Å². The Kier molecular flexibility index (Phi) is 5.25. The van der Waals surface area contributed by atoms with E-state index in [1.165, 1.54) is 0 Å². The van der Waals surface area contributed by atoms with Gasteiger partial charge in [0.05, 0.1) is 13.0 Å². The molecule has 3 rings (SSSR count). The number of benzene rings is 1. The Morgan fingerprint density at radius 3 is 2.87 bits per heavy atom. The number of para-hydroxylation sites is 1. The molecule has 1 saturated heterocycles. The van der Waals surface area contributed by atoms with Gasteiger partial charge in [-0.3, -0.25) is 9.78 Å². The molecule has 1 aromatic heterocycles. The lowest BCUT2D eigenvalue weighted by Gasteiger charge is -2.16. The summed E-state index contributed by atoms with van der Waals surface area (Å²) in [5.41, 5.74) is 0.980. The second-order valence-corrected chi connectivity index (χ2v) is 5.98. The molecule has 0 N–H and O–H groups in total. The first kappa shape index (κ1) is 15.5. The van der Waals surface area contributed by atoms with Gasteiger partial charge in [0.1, 0.15) is 5.75 Å². The van der Waals surface area contributed by atoms with Crippen LogP contribution in [0.1, 0.15) is 18.4 Å². The highest BCUT2D eigenvalue weighted by Gasteiger charge is 2.25. The molecule has 1 aromatic carbocycles. The normalized spacial score (nSPS) is 17.2. The molecule has 0 radical (unpaired) electrons. The van der Waals surface area contributed by atoms with Crippen molar-refractivity contribution in [3.05, 3.63) is 60.4 Å². The van der Waals surface area contributed by atoms with Crippen LogP contribution in [0.3, 0.4) is 0 Å². The summed E-state index contributed by atoms with van der Waals surface area (Å²) in [6.07, 6.45) is 6.00. The van der Waals surface area contributed by atoms with Gasteiger partial charge < -0.3 is 9.64 Å². The molecule has 4 heteroatoms. The minimum absolute atomic E-state index is 0.199. The molecule has 1 atom stereocenters. The van der Waals surface area contributed by atoms with Gasteiger partial charge in [-0.05, 0) is 42.5 Å². The lowest BCUT2D eigenvalue weighted by Crippen LogP contribution is -2.30. The molecule has 0 aliphatic carbocycles. The van der Waals surface area contributed by atoms with Crippen molar-refractivity contribution in [1.29, 1.82) is 0 Å². The second kappa shape index (κ2) is 7.77. The average Bonchev–Trinajstić information content (AvgIpc) is 3.06. The van der Waals surface area contributed by atoms with E-state index in [9.17, 15) is 4.79 Å². The summed E-state index contributed by atoms with van der Waals surface area (Å²) in [4.78, 5) is 18.4. The van der Waals surface area contributed by atoms with Crippen LogP contribution in [0.5, 0.6) is 5.75 Å². The van der Waals surface area contributed by atoms with E-state index in [4.69, 9.17) is 4.74 Å². The third kappa shape index (κ3) is 4.55. The van der Waals surface area contributed by atoms with Crippen LogP contribution in [-0.4, -0.2) is 35.5 Å². The Hall–Kier alpha value is -2.36. The van der Waals surface area contributed by atoms with Gasteiger partial charge in [0.15, 0.2) is 0 Å². The number of hydrogen-bond donors (Lipinski definition) is 0. The molecule has 1 aliphatic rings. The van der Waals surface area contributed by atoms with E-state index in [1.54, 1.807) is 12.4 Å². The van der Waals surface area contributed by atoms with Crippen molar-refractivity contribution in [2.24, 2.45) is 5.92 Å². The van der Waals surface area contributed by atoms with Crippen molar-refractivity contribution in [3.63, 3.8) is 0 Å². The van der Waals surface area contributed by atoms with Crippen LogP contribution in [0.4, 0.5) is 0 Å². The monoisotopic (exact) mass is 310 g/mol. The maximum absolute atomic E-state index is 12.3. The zero-order valence-corrected chi connectivity index (χ0v) is 13.2.